The minimum absolute atomic E-state index is 0.0776. The van der Waals surface area contributed by atoms with E-state index in [9.17, 15) is 19.5 Å². The average Bonchev–Trinajstić information content (AvgIpc) is 3.15. The van der Waals surface area contributed by atoms with Crippen molar-refractivity contribution in [2.75, 3.05) is 0 Å². The lowest BCUT2D eigenvalue weighted by molar-refractivity contribution is -0.176. The van der Waals surface area contributed by atoms with Crippen LogP contribution in [0.2, 0.25) is 0 Å². The van der Waals surface area contributed by atoms with Gasteiger partial charge in [0.25, 0.3) is 0 Å². The molecule has 2 fully saturated rings. The number of ketones is 3. The molecule has 5 heteroatoms. The van der Waals surface area contributed by atoms with E-state index in [2.05, 4.69) is 6.08 Å². The average molecular weight is 499 g/mol. The molecule has 0 aromatic carbocycles. The third kappa shape index (κ3) is 4.06. The first-order chi connectivity index (χ1) is 16.5. The van der Waals surface area contributed by atoms with Crippen LogP contribution in [0.3, 0.4) is 0 Å². The van der Waals surface area contributed by atoms with Crippen molar-refractivity contribution < 1.29 is 24.2 Å². The molecule has 0 amide bonds. The van der Waals surface area contributed by atoms with E-state index >= 15 is 0 Å². The van der Waals surface area contributed by atoms with E-state index in [0.29, 0.717) is 37.0 Å². The zero-order chi connectivity index (χ0) is 27.4. The minimum Gasteiger partial charge on any atom is -0.490 e. The summed E-state index contributed by atoms with van der Waals surface area (Å²) in [5.74, 6) is -1.03. The molecule has 200 valence electrons. The van der Waals surface area contributed by atoms with Crippen LogP contribution in [0.1, 0.15) is 101 Å². The Bertz CT molecular complexity index is 1040. The van der Waals surface area contributed by atoms with Gasteiger partial charge in [0.2, 0.25) is 0 Å². The Hall–Kier alpha value is -2.01. The molecule has 1 spiro atoms. The second-order valence-corrected chi connectivity index (χ2v) is 13.1. The Kier molecular flexibility index (Phi) is 7.44. The fraction of sp³-hybridized carbons (Fsp3) is 0.710. The second-order valence-electron chi connectivity index (χ2n) is 13.1. The highest BCUT2D eigenvalue weighted by atomic mass is 16.5. The Morgan fingerprint density at radius 2 is 1.69 bits per heavy atom. The first-order valence-corrected chi connectivity index (χ1v) is 13.5. The molecule has 0 aromatic heterocycles. The quantitative estimate of drug-likeness (QED) is 0.314. The largest absolute Gasteiger partial charge is 0.490 e. The van der Waals surface area contributed by atoms with E-state index in [1.54, 1.807) is 13.8 Å². The maximum absolute atomic E-state index is 14.8. The van der Waals surface area contributed by atoms with Crippen LogP contribution < -0.4 is 0 Å². The summed E-state index contributed by atoms with van der Waals surface area (Å²) in [6.45, 7) is 19.0. The zero-order valence-corrected chi connectivity index (χ0v) is 24.0. The predicted octanol–water partition coefficient (Wildman–Crippen LogP) is 6.30. The zero-order valence-electron chi connectivity index (χ0n) is 24.0. The normalized spacial score (nSPS) is 32.0. The van der Waals surface area contributed by atoms with E-state index in [-0.39, 0.29) is 29.7 Å². The summed E-state index contributed by atoms with van der Waals surface area (Å²) in [4.78, 5) is 43.8. The highest BCUT2D eigenvalue weighted by molar-refractivity contribution is 6.33. The lowest BCUT2D eigenvalue weighted by atomic mass is 9.39. The van der Waals surface area contributed by atoms with Crippen LogP contribution >= 0.6 is 0 Å². The maximum atomic E-state index is 14.8. The molecular weight excluding hydrogens is 452 g/mol. The number of hydrogen-bond acceptors (Lipinski definition) is 5. The van der Waals surface area contributed by atoms with Gasteiger partial charge < -0.3 is 9.84 Å². The van der Waals surface area contributed by atoms with Gasteiger partial charge in [0, 0.05) is 17.9 Å². The van der Waals surface area contributed by atoms with Crippen molar-refractivity contribution in [3.05, 3.63) is 34.6 Å². The number of carbonyl (C=O) groups is 3. The van der Waals surface area contributed by atoms with E-state index in [1.165, 1.54) is 0 Å². The molecule has 3 aliphatic rings. The van der Waals surface area contributed by atoms with Gasteiger partial charge in [-0.3, -0.25) is 14.4 Å². The van der Waals surface area contributed by atoms with Crippen molar-refractivity contribution >= 4 is 17.3 Å². The van der Waals surface area contributed by atoms with Gasteiger partial charge in [0.1, 0.15) is 11.9 Å². The first-order valence-electron chi connectivity index (χ1n) is 13.5. The summed E-state index contributed by atoms with van der Waals surface area (Å²) in [5, 5.41) is 10.9. The molecule has 3 rings (SSSR count). The van der Waals surface area contributed by atoms with Gasteiger partial charge in [-0.2, -0.15) is 0 Å². The third-order valence-electron chi connectivity index (χ3n) is 9.22. The van der Waals surface area contributed by atoms with Gasteiger partial charge in [0.15, 0.2) is 22.8 Å². The summed E-state index contributed by atoms with van der Waals surface area (Å²) >= 11 is 0. The number of Topliss-reactive ketones (excluding diaryl/α,β-unsaturated/α-hetero) is 3. The van der Waals surface area contributed by atoms with Gasteiger partial charge in [-0.25, -0.2) is 0 Å². The number of hydrogen-bond donors (Lipinski definition) is 1. The van der Waals surface area contributed by atoms with E-state index in [4.69, 9.17) is 4.74 Å². The van der Waals surface area contributed by atoms with Gasteiger partial charge in [-0.15, -0.1) is 0 Å². The van der Waals surface area contributed by atoms with Crippen LogP contribution in [0.5, 0.6) is 0 Å². The lowest BCUT2D eigenvalue weighted by Crippen LogP contribution is -2.70. The van der Waals surface area contributed by atoms with Crippen molar-refractivity contribution in [2.24, 2.45) is 28.1 Å². The van der Waals surface area contributed by atoms with Crippen molar-refractivity contribution in [3.63, 3.8) is 0 Å². The Morgan fingerprint density at radius 3 is 2.19 bits per heavy atom. The smallest absolute Gasteiger partial charge is 0.184 e. The molecule has 0 radical (unpaired) electrons. The molecule has 1 heterocycles. The molecule has 1 saturated heterocycles. The number of allylic oxidation sites excluding steroid dienone is 6. The standard InChI is InChI=1S/C31H46O5/c1-11-20(6)24(32)31-25(33)22(15-13-19(4)5)26-30(27(31)34,17-23(36-26)29(9,10)35)16-21(28(31,7)8)14-12-18(2)3/h12-13,20-21,23,35H,11,14-17H2,1-10H3/t20?,21-,23-,30-,31-/m0/s1. The van der Waals surface area contributed by atoms with Crippen molar-refractivity contribution in [1.29, 1.82) is 0 Å². The summed E-state index contributed by atoms with van der Waals surface area (Å²) in [6.07, 6.45) is 5.83. The van der Waals surface area contributed by atoms with Crippen LogP contribution in [0.25, 0.3) is 0 Å². The highest BCUT2D eigenvalue weighted by Gasteiger charge is 2.77. The van der Waals surface area contributed by atoms with Crippen molar-refractivity contribution in [3.8, 4) is 0 Å². The molecular formula is C31H46O5. The Labute approximate surface area is 217 Å². The Morgan fingerprint density at radius 1 is 1.11 bits per heavy atom. The van der Waals surface area contributed by atoms with Crippen LogP contribution in [-0.4, -0.2) is 34.2 Å². The lowest BCUT2D eigenvalue weighted by Gasteiger charge is -2.59. The summed E-state index contributed by atoms with van der Waals surface area (Å²) in [6, 6.07) is 0. The molecule has 5 atom stereocenters. The monoisotopic (exact) mass is 498 g/mol. The number of rotatable bonds is 8. The number of carbonyl (C=O) groups excluding carboxylic acids is 3. The number of ether oxygens (including phenoxy) is 1. The summed E-state index contributed by atoms with van der Waals surface area (Å²) < 4.78 is 6.38. The number of aliphatic hydroxyl groups is 1. The molecule has 1 saturated carbocycles. The maximum Gasteiger partial charge on any atom is 0.184 e. The van der Waals surface area contributed by atoms with E-state index in [0.717, 1.165) is 11.1 Å². The highest BCUT2D eigenvalue weighted by Crippen LogP contribution is 2.68. The summed E-state index contributed by atoms with van der Waals surface area (Å²) in [7, 11) is 0. The second kappa shape index (κ2) is 9.38. The van der Waals surface area contributed by atoms with Gasteiger partial charge in [-0.05, 0) is 78.6 Å². The first kappa shape index (κ1) is 28.6. The molecule has 2 aliphatic carbocycles. The van der Waals surface area contributed by atoms with E-state index < -0.39 is 33.9 Å². The molecule has 1 unspecified atom stereocenters. The molecule has 5 nitrogen and oxygen atoms in total. The third-order valence-corrected chi connectivity index (χ3v) is 9.22. The van der Waals surface area contributed by atoms with E-state index in [1.807, 2.05) is 61.5 Å². The topological polar surface area (TPSA) is 80.7 Å². The molecule has 1 N–H and O–H groups in total. The van der Waals surface area contributed by atoms with Gasteiger partial charge in [-0.1, -0.05) is 51.0 Å². The van der Waals surface area contributed by atoms with Crippen molar-refractivity contribution in [1.82, 2.24) is 0 Å². The van der Waals surface area contributed by atoms with Gasteiger partial charge >= 0.3 is 0 Å². The van der Waals surface area contributed by atoms with Crippen LogP contribution in [0.4, 0.5) is 0 Å². The van der Waals surface area contributed by atoms with Gasteiger partial charge in [0.05, 0.1) is 11.0 Å². The van der Waals surface area contributed by atoms with Crippen LogP contribution in [0.15, 0.2) is 34.6 Å². The van der Waals surface area contributed by atoms with Crippen LogP contribution in [-0.2, 0) is 19.1 Å². The van der Waals surface area contributed by atoms with Crippen molar-refractivity contribution in [2.45, 2.75) is 113 Å². The fourth-order valence-electron chi connectivity index (χ4n) is 6.63. The fourth-order valence-corrected chi connectivity index (χ4v) is 6.63. The number of fused-ring (bicyclic) bond motifs is 1. The molecule has 2 bridgehead atoms. The van der Waals surface area contributed by atoms with Crippen LogP contribution in [0, 0.1) is 28.1 Å². The predicted molar refractivity (Wildman–Crippen MR) is 142 cm³/mol. The SMILES string of the molecule is CCC(C)C(=O)[C@@]12C(=O)C(CC=C(C)C)=C3O[C@H](C(C)(C)O)C[C@]3(C[C@H](CC=C(C)C)C1(C)C)C2=O. The summed E-state index contributed by atoms with van der Waals surface area (Å²) in [5.41, 5.74) is -2.26. The molecule has 36 heavy (non-hydrogen) atoms. The molecule has 1 aliphatic heterocycles. The Balaban J connectivity index is 2.41. The molecule has 0 aromatic rings. The minimum atomic E-state index is -1.76.